The molecule has 0 fully saturated rings. The minimum absolute atomic E-state index is 0.165. The minimum Gasteiger partial charge on any atom is -0.469 e. The number of furan rings is 1. The summed E-state index contributed by atoms with van der Waals surface area (Å²) in [7, 11) is 0. The van der Waals surface area contributed by atoms with Gasteiger partial charge in [-0.15, -0.1) is 0 Å². The van der Waals surface area contributed by atoms with E-state index >= 15 is 0 Å². The summed E-state index contributed by atoms with van der Waals surface area (Å²) in [6.07, 6.45) is 4.56. The molecule has 1 aromatic heterocycles. The fourth-order valence-electron chi connectivity index (χ4n) is 2.49. The number of aryl methyl sites for hydroxylation is 2. The molecule has 1 atom stereocenters. The van der Waals surface area contributed by atoms with Crippen LogP contribution < -0.4 is 5.32 Å². The summed E-state index contributed by atoms with van der Waals surface area (Å²) >= 11 is 0. The number of benzene rings is 1. The van der Waals surface area contributed by atoms with Crippen molar-refractivity contribution in [2.75, 3.05) is 6.54 Å². The quantitative estimate of drug-likeness (QED) is 0.829. The number of hydrogen-bond donors (Lipinski definition) is 1. The maximum atomic E-state index is 13.1. The molecule has 1 N–H and O–H groups in total. The van der Waals surface area contributed by atoms with Crippen molar-refractivity contribution in [2.24, 2.45) is 0 Å². The Hall–Kier alpha value is -1.61. The zero-order chi connectivity index (χ0) is 14.4. The van der Waals surface area contributed by atoms with Crippen LogP contribution in [0.25, 0.3) is 0 Å². The molecule has 20 heavy (non-hydrogen) atoms. The second kappa shape index (κ2) is 7.25. The first-order chi connectivity index (χ1) is 9.69. The molecule has 1 unspecified atom stereocenters. The molecule has 3 heteroatoms. The van der Waals surface area contributed by atoms with Crippen LogP contribution in [0.5, 0.6) is 0 Å². The number of likely N-dealkylation sites (N-methyl/N-ethyl adjacent to an activating group) is 1. The summed E-state index contributed by atoms with van der Waals surface area (Å²) in [5.74, 6) is 0.852. The Morgan fingerprint density at radius 1 is 1.30 bits per heavy atom. The van der Waals surface area contributed by atoms with Crippen molar-refractivity contribution in [1.82, 2.24) is 5.32 Å². The largest absolute Gasteiger partial charge is 0.469 e. The van der Waals surface area contributed by atoms with Gasteiger partial charge in [-0.25, -0.2) is 4.39 Å². The first kappa shape index (κ1) is 14.8. The molecule has 0 aliphatic heterocycles. The van der Waals surface area contributed by atoms with E-state index in [9.17, 15) is 4.39 Å². The van der Waals surface area contributed by atoms with Gasteiger partial charge in [0, 0.05) is 12.5 Å². The van der Waals surface area contributed by atoms with Crippen molar-refractivity contribution in [3.63, 3.8) is 0 Å². The van der Waals surface area contributed by atoms with Gasteiger partial charge in [-0.2, -0.15) is 0 Å². The van der Waals surface area contributed by atoms with Gasteiger partial charge in [0.1, 0.15) is 11.6 Å². The number of nitrogens with one attached hydrogen (secondary N) is 1. The van der Waals surface area contributed by atoms with E-state index in [-0.39, 0.29) is 5.82 Å². The molecule has 0 saturated heterocycles. The van der Waals surface area contributed by atoms with Crippen molar-refractivity contribution < 1.29 is 8.81 Å². The molecule has 0 saturated carbocycles. The van der Waals surface area contributed by atoms with Gasteiger partial charge < -0.3 is 9.73 Å². The molecule has 2 nitrogen and oxygen atoms in total. The first-order valence-corrected chi connectivity index (χ1v) is 7.20. The van der Waals surface area contributed by atoms with E-state index in [0.29, 0.717) is 6.04 Å². The highest BCUT2D eigenvalue weighted by molar-refractivity contribution is 5.27. The van der Waals surface area contributed by atoms with Crippen molar-refractivity contribution in [2.45, 2.75) is 39.2 Å². The topological polar surface area (TPSA) is 25.2 Å². The van der Waals surface area contributed by atoms with Crippen LogP contribution in [0.3, 0.4) is 0 Å². The Bertz CT molecular complexity index is 522. The molecular weight excluding hydrogens is 253 g/mol. The van der Waals surface area contributed by atoms with E-state index < -0.39 is 0 Å². The molecule has 0 spiro atoms. The average molecular weight is 275 g/mol. The first-order valence-electron chi connectivity index (χ1n) is 7.20. The normalized spacial score (nSPS) is 12.6. The van der Waals surface area contributed by atoms with E-state index in [1.807, 2.05) is 25.1 Å². The van der Waals surface area contributed by atoms with Gasteiger partial charge in [0.2, 0.25) is 0 Å². The van der Waals surface area contributed by atoms with Gasteiger partial charge in [-0.05, 0) is 61.7 Å². The van der Waals surface area contributed by atoms with Gasteiger partial charge in [-0.1, -0.05) is 13.0 Å². The van der Waals surface area contributed by atoms with Crippen molar-refractivity contribution in [3.05, 3.63) is 59.3 Å². The summed E-state index contributed by atoms with van der Waals surface area (Å²) in [6, 6.07) is 9.34. The molecule has 0 radical (unpaired) electrons. The lowest BCUT2D eigenvalue weighted by molar-refractivity contribution is 0.447. The van der Waals surface area contributed by atoms with Crippen LogP contribution >= 0.6 is 0 Å². The summed E-state index contributed by atoms with van der Waals surface area (Å²) in [4.78, 5) is 0. The molecule has 1 heterocycles. The second-order valence-electron chi connectivity index (χ2n) is 5.15. The van der Waals surface area contributed by atoms with Crippen molar-refractivity contribution >= 4 is 0 Å². The molecule has 0 aliphatic rings. The van der Waals surface area contributed by atoms with E-state index in [1.165, 1.54) is 11.6 Å². The minimum atomic E-state index is -0.165. The van der Waals surface area contributed by atoms with Crippen molar-refractivity contribution in [3.8, 4) is 0 Å². The van der Waals surface area contributed by atoms with E-state index in [4.69, 9.17) is 4.42 Å². The summed E-state index contributed by atoms with van der Waals surface area (Å²) < 4.78 is 18.5. The zero-order valence-corrected chi connectivity index (χ0v) is 12.2. The second-order valence-corrected chi connectivity index (χ2v) is 5.15. The number of rotatable bonds is 7. The van der Waals surface area contributed by atoms with Crippen LogP contribution in [0, 0.1) is 12.7 Å². The van der Waals surface area contributed by atoms with Gasteiger partial charge in [0.05, 0.1) is 6.26 Å². The van der Waals surface area contributed by atoms with E-state index in [0.717, 1.165) is 37.1 Å². The number of halogens is 1. The Balaban J connectivity index is 1.97. The maximum Gasteiger partial charge on any atom is 0.123 e. The van der Waals surface area contributed by atoms with E-state index in [2.05, 4.69) is 12.2 Å². The zero-order valence-electron chi connectivity index (χ0n) is 12.2. The molecule has 0 amide bonds. The smallest absolute Gasteiger partial charge is 0.123 e. The average Bonchev–Trinajstić information content (AvgIpc) is 2.92. The van der Waals surface area contributed by atoms with E-state index in [1.54, 1.807) is 12.3 Å². The lowest BCUT2D eigenvalue weighted by Crippen LogP contribution is -2.31. The molecule has 108 valence electrons. The SMILES string of the molecule is CCNC(CCc1ccco1)Cc1ccc(F)cc1C. The third-order valence-corrected chi connectivity index (χ3v) is 3.58. The Labute approximate surface area is 120 Å². The molecule has 1 aromatic carbocycles. The van der Waals surface area contributed by atoms with Gasteiger partial charge >= 0.3 is 0 Å². The monoisotopic (exact) mass is 275 g/mol. The Morgan fingerprint density at radius 3 is 2.80 bits per heavy atom. The number of hydrogen-bond acceptors (Lipinski definition) is 2. The fourth-order valence-corrected chi connectivity index (χ4v) is 2.49. The van der Waals surface area contributed by atoms with Crippen LogP contribution in [-0.2, 0) is 12.8 Å². The predicted molar refractivity (Wildman–Crippen MR) is 79.3 cm³/mol. The third kappa shape index (κ3) is 4.20. The molecule has 2 aromatic rings. The Kier molecular flexibility index (Phi) is 5.36. The lowest BCUT2D eigenvalue weighted by atomic mass is 9.97. The fraction of sp³-hybridized carbons (Fsp3) is 0.412. The van der Waals surface area contributed by atoms with Gasteiger partial charge in [-0.3, -0.25) is 0 Å². The summed E-state index contributed by atoms with van der Waals surface area (Å²) in [6.45, 7) is 5.01. The highest BCUT2D eigenvalue weighted by atomic mass is 19.1. The van der Waals surface area contributed by atoms with Gasteiger partial charge in [0.25, 0.3) is 0 Å². The maximum absolute atomic E-state index is 13.1. The third-order valence-electron chi connectivity index (χ3n) is 3.58. The lowest BCUT2D eigenvalue weighted by Gasteiger charge is -2.18. The Morgan fingerprint density at radius 2 is 2.15 bits per heavy atom. The molecule has 0 aliphatic carbocycles. The van der Waals surface area contributed by atoms with Gasteiger partial charge in [0.15, 0.2) is 0 Å². The molecular formula is C17H22FNO. The predicted octanol–water partition coefficient (Wildman–Crippen LogP) is 3.88. The summed E-state index contributed by atoms with van der Waals surface area (Å²) in [5, 5.41) is 3.50. The molecule has 2 rings (SSSR count). The van der Waals surface area contributed by atoms with Crippen LogP contribution in [0.4, 0.5) is 4.39 Å². The van der Waals surface area contributed by atoms with Crippen LogP contribution in [0.15, 0.2) is 41.0 Å². The highest BCUT2D eigenvalue weighted by Gasteiger charge is 2.11. The summed E-state index contributed by atoms with van der Waals surface area (Å²) in [5.41, 5.74) is 2.22. The van der Waals surface area contributed by atoms with Crippen LogP contribution in [0.1, 0.15) is 30.2 Å². The van der Waals surface area contributed by atoms with Crippen LogP contribution in [-0.4, -0.2) is 12.6 Å². The molecule has 0 bridgehead atoms. The highest BCUT2D eigenvalue weighted by Crippen LogP contribution is 2.15. The standard InChI is InChI=1S/C17H22FNO/c1-3-19-16(8-9-17-5-4-10-20-17)12-14-6-7-15(18)11-13(14)2/h4-7,10-11,16,19H,3,8-9,12H2,1-2H3. The van der Waals surface area contributed by atoms with Crippen molar-refractivity contribution in [1.29, 1.82) is 0 Å². The van der Waals surface area contributed by atoms with Crippen LogP contribution in [0.2, 0.25) is 0 Å².